The summed E-state index contributed by atoms with van der Waals surface area (Å²) in [6, 6.07) is 33.0. The summed E-state index contributed by atoms with van der Waals surface area (Å²) in [6.07, 6.45) is 1.90. The maximum absolute atomic E-state index is 14.5. The average Bonchev–Trinajstić information content (AvgIpc) is 3.59. The number of carbonyl (C=O) groups excluding carboxylic acids is 4. The maximum atomic E-state index is 14.5. The SMILES string of the molecule is C[C@H](NC(=O)OCc1ccccc1)C(=O)NC(Cc1ccccc1)P(=O)(O)CC(CCCc1ccccc1)C(=O)N[C@@H](Cc1c[nH]c2ccccc12)C(N)=O. The summed E-state index contributed by atoms with van der Waals surface area (Å²) in [5, 5.41) is 8.82. The highest BCUT2D eigenvalue weighted by atomic mass is 31.2. The fourth-order valence-electron chi connectivity index (χ4n) is 6.41. The number of ether oxygens (including phenoxy) is 1. The van der Waals surface area contributed by atoms with E-state index in [1.165, 1.54) is 6.92 Å². The number of hydrogen-bond donors (Lipinski definition) is 6. The van der Waals surface area contributed by atoms with Crippen LogP contribution in [0.1, 0.15) is 42.0 Å². The highest BCUT2D eigenvalue weighted by Gasteiger charge is 2.38. The molecule has 288 valence electrons. The molecule has 3 unspecified atom stereocenters. The summed E-state index contributed by atoms with van der Waals surface area (Å²) in [6.45, 7) is 1.44. The molecule has 13 heteroatoms. The van der Waals surface area contributed by atoms with Crippen LogP contribution in [-0.4, -0.2) is 57.7 Å². The molecule has 7 N–H and O–H groups in total. The molecule has 0 aliphatic heterocycles. The van der Waals surface area contributed by atoms with Gasteiger partial charge in [-0.05, 0) is 54.5 Å². The molecule has 1 aromatic heterocycles. The van der Waals surface area contributed by atoms with Gasteiger partial charge < -0.3 is 36.3 Å². The molecule has 55 heavy (non-hydrogen) atoms. The van der Waals surface area contributed by atoms with E-state index in [9.17, 15) is 28.6 Å². The molecule has 0 radical (unpaired) electrons. The van der Waals surface area contributed by atoms with Gasteiger partial charge in [-0.1, -0.05) is 109 Å². The minimum absolute atomic E-state index is 0.00436. The highest BCUT2D eigenvalue weighted by molar-refractivity contribution is 7.58. The van der Waals surface area contributed by atoms with Crippen molar-refractivity contribution < 1.29 is 33.4 Å². The van der Waals surface area contributed by atoms with E-state index in [2.05, 4.69) is 20.9 Å². The highest BCUT2D eigenvalue weighted by Crippen LogP contribution is 2.49. The van der Waals surface area contributed by atoms with Gasteiger partial charge in [0.05, 0.1) is 0 Å². The third kappa shape index (κ3) is 12.1. The van der Waals surface area contributed by atoms with E-state index in [0.717, 1.165) is 27.6 Å². The summed E-state index contributed by atoms with van der Waals surface area (Å²) < 4.78 is 19.7. The van der Waals surface area contributed by atoms with Crippen molar-refractivity contribution in [2.24, 2.45) is 11.7 Å². The summed E-state index contributed by atoms with van der Waals surface area (Å²) in [5.74, 6) is -4.36. The molecule has 5 rings (SSSR count). The van der Waals surface area contributed by atoms with Crippen LogP contribution < -0.4 is 21.7 Å². The first-order valence-corrected chi connectivity index (χ1v) is 20.2. The predicted octanol–water partition coefficient (Wildman–Crippen LogP) is 5.59. The Morgan fingerprint density at radius 2 is 1.36 bits per heavy atom. The van der Waals surface area contributed by atoms with Gasteiger partial charge in [0, 0.05) is 42.0 Å². The van der Waals surface area contributed by atoms with Crippen LogP contribution in [0.3, 0.4) is 0 Å². The van der Waals surface area contributed by atoms with Gasteiger partial charge in [0.1, 0.15) is 24.5 Å². The fraction of sp³-hybridized carbons (Fsp3) is 0.286. The molecule has 4 aromatic carbocycles. The van der Waals surface area contributed by atoms with Crippen LogP contribution in [0.5, 0.6) is 0 Å². The lowest BCUT2D eigenvalue weighted by molar-refractivity contribution is -0.129. The third-order valence-electron chi connectivity index (χ3n) is 9.48. The number of alkyl carbamates (subject to hydrolysis) is 1. The largest absolute Gasteiger partial charge is 0.445 e. The van der Waals surface area contributed by atoms with Crippen LogP contribution in [0, 0.1) is 5.92 Å². The van der Waals surface area contributed by atoms with Gasteiger partial charge in [-0.25, -0.2) is 4.79 Å². The maximum Gasteiger partial charge on any atom is 0.408 e. The molecule has 4 amide bonds. The zero-order chi connectivity index (χ0) is 39.2. The van der Waals surface area contributed by atoms with E-state index < -0.39 is 61.1 Å². The number of primary amides is 1. The van der Waals surface area contributed by atoms with Crippen molar-refractivity contribution in [3.63, 3.8) is 0 Å². The van der Waals surface area contributed by atoms with Gasteiger partial charge in [0.2, 0.25) is 25.1 Å². The standard InChI is InChI=1S/C42H48N5O7P/c1-29(45-42(51)54-27-32-18-9-4-10-19-32)40(49)47-38(24-31-16-7-3-8-17-31)55(52,53)28-33(21-13-20-30-14-5-2-6-15-30)41(50)46-37(39(43)48)25-34-26-44-36-23-12-11-22-35(34)36/h2-12,14-19,22-23,26,29,33,37-38,44H,13,20-21,24-25,27-28H2,1H3,(H2,43,48)(H,45,51)(H,46,50)(H,47,49)(H,52,53)/t29-,33?,37-,38?/m0/s1. The van der Waals surface area contributed by atoms with Crippen molar-refractivity contribution in [1.82, 2.24) is 20.9 Å². The number of nitrogens with two attached hydrogens (primary N) is 1. The van der Waals surface area contributed by atoms with Gasteiger partial charge >= 0.3 is 6.09 Å². The van der Waals surface area contributed by atoms with Crippen molar-refractivity contribution in [1.29, 1.82) is 0 Å². The van der Waals surface area contributed by atoms with Crippen LogP contribution in [-0.2, 0) is 49.6 Å². The summed E-state index contributed by atoms with van der Waals surface area (Å²) in [5.41, 5.74) is 9.94. The van der Waals surface area contributed by atoms with E-state index >= 15 is 0 Å². The van der Waals surface area contributed by atoms with E-state index in [1.54, 1.807) is 48.7 Å². The molecule has 0 saturated heterocycles. The second-order valence-corrected chi connectivity index (χ2v) is 16.2. The van der Waals surface area contributed by atoms with Gasteiger partial charge in [-0.3, -0.25) is 18.9 Å². The van der Waals surface area contributed by atoms with Crippen molar-refractivity contribution in [2.45, 2.75) is 63.5 Å². The Labute approximate surface area is 320 Å². The van der Waals surface area contributed by atoms with Crippen molar-refractivity contribution in [2.75, 3.05) is 6.16 Å². The van der Waals surface area contributed by atoms with Gasteiger partial charge in [-0.15, -0.1) is 0 Å². The number of H-pyrrole nitrogens is 1. The van der Waals surface area contributed by atoms with Crippen molar-refractivity contribution in [3.05, 3.63) is 144 Å². The topological polar surface area (TPSA) is 193 Å². The first kappa shape index (κ1) is 40.5. The molecule has 12 nitrogen and oxygen atoms in total. The molecule has 0 aliphatic carbocycles. The lowest BCUT2D eigenvalue weighted by atomic mass is 9.98. The zero-order valence-corrected chi connectivity index (χ0v) is 31.6. The van der Waals surface area contributed by atoms with E-state index in [1.807, 2.05) is 72.8 Å². The first-order valence-electron chi connectivity index (χ1n) is 18.3. The first-order chi connectivity index (χ1) is 26.5. The van der Waals surface area contributed by atoms with Crippen LogP contribution in [0.2, 0.25) is 0 Å². The van der Waals surface area contributed by atoms with E-state index in [4.69, 9.17) is 10.5 Å². The smallest absolute Gasteiger partial charge is 0.408 e. The number of aromatic nitrogens is 1. The van der Waals surface area contributed by atoms with Crippen LogP contribution in [0.15, 0.2) is 121 Å². The molecular formula is C42H48N5O7P. The Balaban J connectivity index is 1.33. The Morgan fingerprint density at radius 3 is 2.02 bits per heavy atom. The number of aryl methyl sites for hydroxylation is 1. The number of aromatic amines is 1. The number of amides is 4. The third-order valence-corrected chi connectivity index (χ3v) is 11.7. The summed E-state index contributed by atoms with van der Waals surface area (Å²) in [7, 11) is -4.39. The molecule has 0 aliphatic rings. The molecule has 0 saturated carbocycles. The predicted molar refractivity (Wildman–Crippen MR) is 212 cm³/mol. The lowest BCUT2D eigenvalue weighted by Gasteiger charge is -2.29. The van der Waals surface area contributed by atoms with Crippen molar-refractivity contribution >= 4 is 42.1 Å². The van der Waals surface area contributed by atoms with Gasteiger partial charge in [-0.2, -0.15) is 0 Å². The molecule has 5 atom stereocenters. The number of nitrogens with one attached hydrogen (secondary N) is 4. The normalized spacial score (nSPS) is 14.4. The number of carbonyl (C=O) groups is 4. The number of para-hydroxylation sites is 1. The summed E-state index contributed by atoms with van der Waals surface area (Å²) in [4.78, 5) is 67.7. The second-order valence-electron chi connectivity index (χ2n) is 13.7. The lowest BCUT2D eigenvalue weighted by Crippen LogP contribution is -2.50. The Hall–Kier alpha value is -5.71. The number of fused-ring (bicyclic) bond motifs is 1. The monoisotopic (exact) mass is 765 g/mol. The summed E-state index contributed by atoms with van der Waals surface area (Å²) >= 11 is 0. The fourth-order valence-corrected chi connectivity index (χ4v) is 8.47. The number of benzene rings is 4. The van der Waals surface area contributed by atoms with Crippen LogP contribution in [0.25, 0.3) is 10.9 Å². The van der Waals surface area contributed by atoms with Gasteiger partial charge in [0.25, 0.3) is 0 Å². The van der Waals surface area contributed by atoms with E-state index in [-0.39, 0.29) is 25.9 Å². The minimum atomic E-state index is -4.39. The number of rotatable bonds is 19. The quantitative estimate of drug-likeness (QED) is 0.0590. The molecule has 0 bridgehead atoms. The van der Waals surface area contributed by atoms with E-state index in [0.29, 0.717) is 18.4 Å². The van der Waals surface area contributed by atoms with Gasteiger partial charge in [0.15, 0.2) is 0 Å². The Bertz CT molecular complexity index is 2080. The number of hydrogen-bond acceptors (Lipinski definition) is 6. The molecular weight excluding hydrogens is 717 g/mol. The average molecular weight is 766 g/mol. The molecule has 0 fully saturated rings. The molecule has 1 heterocycles. The van der Waals surface area contributed by atoms with Crippen LogP contribution in [0.4, 0.5) is 4.79 Å². The Morgan fingerprint density at radius 1 is 0.764 bits per heavy atom. The Kier molecular flexibility index (Phi) is 14.4. The van der Waals surface area contributed by atoms with Crippen molar-refractivity contribution in [3.8, 4) is 0 Å². The molecule has 0 spiro atoms. The molecule has 5 aromatic rings. The zero-order valence-electron chi connectivity index (χ0n) is 30.7. The minimum Gasteiger partial charge on any atom is -0.445 e. The van der Waals surface area contributed by atoms with Crippen LogP contribution >= 0.6 is 7.37 Å². The second kappa shape index (κ2) is 19.6.